The van der Waals surface area contributed by atoms with Crippen molar-refractivity contribution in [2.24, 2.45) is 5.92 Å². The Kier molecular flexibility index (Phi) is 5.88. The third-order valence-electron chi connectivity index (χ3n) is 6.21. The summed E-state index contributed by atoms with van der Waals surface area (Å²) >= 11 is 0. The second-order valence-electron chi connectivity index (χ2n) is 8.03. The third kappa shape index (κ3) is 4.59. The van der Waals surface area contributed by atoms with E-state index in [2.05, 4.69) is 35.2 Å². The lowest BCUT2D eigenvalue weighted by molar-refractivity contribution is -0.152. The van der Waals surface area contributed by atoms with Crippen LogP contribution in [-0.2, 0) is 16.1 Å². The number of nitrogens with zero attached hydrogens (tertiary/aromatic N) is 1. The normalized spacial score (nSPS) is 21.6. The average molecular weight is 364 g/mol. The van der Waals surface area contributed by atoms with Gasteiger partial charge in [0.1, 0.15) is 12.6 Å². The molecule has 0 radical (unpaired) electrons. The molecule has 2 aromatic carbocycles. The molecule has 3 heteroatoms. The number of ether oxygens (including phenoxy) is 1. The molecule has 3 nitrogen and oxygen atoms in total. The molecule has 2 unspecified atom stereocenters. The van der Waals surface area contributed by atoms with Gasteiger partial charge < -0.3 is 4.74 Å². The Labute approximate surface area is 162 Å². The Morgan fingerprint density at radius 2 is 1.70 bits per heavy atom. The number of esters is 1. The fraction of sp³-hybridized carbons (Fsp3) is 0.458. The zero-order valence-electron chi connectivity index (χ0n) is 15.9. The van der Waals surface area contributed by atoms with Crippen LogP contribution in [0.1, 0.15) is 49.1 Å². The monoisotopic (exact) mass is 363 g/mol. The van der Waals surface area contributed by atoms with Crippen LogP contribution in [0.5, 0.6) is 0 Å². The van der Waals surface area contributed by atoms with Crippen LogP contribution in [-0.4, -0.2) is 30.0 Å². The molecule has 1 aliphatic carbocycles. The van der Waals surface area contributed by atoms with Crippen LogP contribution in [0.3, 0.4) is 0 Å². The summed E-state index contributed by atoms with van der Waals surface area (Å²) in [5, 5.41) is 0. The largest absolute Gasteiger partial charge is 0.460 e. The van der Waals surface area contributed by atoms with E-state index in [1.165, 1.54) is 24.8 Å². The summed E-state index contributed by atoms with van der Waals surface area (Å²) < 4.78 is 5.73. The van der Waals surface area contributed by atoms with Crippen LogP contribution in [0.15, 0.2) is 60.7 Å². The SMILES string of the molecule is O=C(OCc1ccccc1)C(CC1CCC1)N1CCC(c2ccccc2)C1. The van der Waals surface area contributed by atoms with Gasteiger partial charge in [0.2, 0.25) is 0 Å². The molecular weight excluding hydrogens is 334 g/mol. The molecule has 0 amide bonds. The molecule has 0 bridgehead atoms. The number of benzene rings is 2. The number of rotatable bonds is 7. The number of likely N-dealkylation sites (tertiary alicyclic amines) is 1. The van der Waals surface area contributed by atoms with E-state index in [0.29, 0.717) is 18.4 Å². The molecule has 1 saturated carbocycles. The molecule has 0 aromatic heterocycles. The summed E-state index contributed by atoms with van der Waals surface area (Å²) in [5.41, 5.74) is 2.44. The van der Waals surface area contributed by atoms with Crippen molar-refractivity contribution in [1.82, 2.24) is 4.90 Å². The first-order chi connectivity index (χ1) is 13.3. The summed E-state index contributed by atoms with van der Waals surface area (Å²) in [6, 6.07) is 20.6. The Bertz CT molecular complexity index is 727. The van der Waals surface area contributed by atoms with E-state index >= 15 is 0 Å². The van der Waals surface area contributed by atoms with Gasteiger partial charge in [0, 0.05) is 6.54 Å². The van der Waals surface area contributed by atoms with Crippen LogP contribution >= 0.6 is 0 Å². The quantitative estimate of drug-likeness (QED) is 0.663. The van der Waals surface area contributed by atoms with Gasteiger partial charge in [0.15, 0.2) is 0 Å². The van der Waals surface area contributed by atoms with Crippen LogP contribution in [0.25, 0.3) is 0 Å². The van der Waals surface area contributed by atoms with Gasteiger partial charge in [-0.1, -0.05) is 79.9 Å². The van der Waals surface area contributed by atoms with Crippen molar-refractivity contribution in [1.29, 1.82) is 0 Å². The molecule has 1 saturated heterocycles. The second kappa shape index (κ2) is 8.71. The minimum atomic E-state index is -0.0901. The van der Waals surface area contributed by atoms with Gasteiger partial charge in [0.05, 0.1) is 0 Å². The lowest BCUT2D eigenvalue weighted by atomic mass is 9.80. The summed E-state index contributed by atoms with van der Waals surface area (Å²) in [6.07, 6.45) is 5.91. The zero-order valence-corrected chi connectivity index (χ0v) is 15.9. The highest BCUT2D eigenvalue weighted by Gasteiger charge is 2.36. The topological polar surface area (TPSA) is 29.5 Å². The van der Waals surface area contributed by atoms with Gasteiger partial charge in [-0.25, -0.2) is 0 Å². The highest BCUT2D eigenvalue weighted by molar-refractivity contribution is 5.76. The molecule has 2 aromatic rings. The summed E-state index contributed by atoms with van der Waals surface area (Å²) in [7, 11) is 0. The minimum absolute atomic E-state index is 0.0422. The Morgan fingerprint density at radius 3 is 2.37 bits per heavy atom. The van der Waals surface area contributed by atoms with Gasteiger partial charge in [0.25, 0.3) is 0 Å². The molecular formula is C24H29NO2. The Morgan fingerprint density at radius 1 is 1.00 bits per heavy atom. The smallest absolute Gasteiger partial charge is 0.323 e. The molecule has 2 atom stereocenters. The van der Waals surface area contributed by atoms with Gasteiger partial charge in [-0.3, -0.25) is 9.69 Å². The lowest BCUT2D eigenvalue weighted by Gasteiger charge is -2.33. The van der Waals surface area contributed by atoms with Crippen molar-refractivity contribution in [3.05, 3.63) is 71.8 Å². The van der Waals surface area contributed by atoms with Crippen LogP contribution in [0, 0.1) is 5.92 Å². The van der Waals surface area contributed by atoms with E-state index < -0.39 is 0 Å². The maximum absolute atomic E-state index is 13.0. The first kappa shape index (κ1) is 18.2. The van der Waals surface area contributed by atoms with Gasteiger partial charge in [-0.05, 0) is 42.3 Å². The molecule has 2 fully saturated rings. The fourth-order valence-corrected chi connectivity index (χ4v) is 4.33. The predicted molar refractivity (Wildman–Crippen MR) is 107 cm³/mol. The number of hydrogen-bond donors (Lipinski definition) is 0. The standard InChI is InChI=1S/C24H29NO2/c26-24(27-18-20-8-3-1-4-9-20)23(16-19-10-7-11-19)25-15-14-22(17-25)21-12-5-2-6-13-21/h1-6,8-9,12-13,19,22-23H,7,10-11,14-18H2. The minimum Gasteiger partial charge on any atom is -0.460 e. The molecule has 1 heterocycles. The van der Waals surface area contributed by atoms with Gasteiger partial charge >= 0.3 is 5.97 Å². The molecule has 0 N–H and O–H groups in total. The number of hydrogen-bond acceptors (Lipinski definition) is 3. The molecule has 2 aliphatic rings. The fourth-order valence-electron chi connectivity index (χ4n) is 4.33. The van der Waals surface area contributed by atoms with E-state index in [-0.39, 0.29) is 12.0 Å². The van der Waals surface area contributed by atoms with Gasteiger partial charge in [-0.2, -0.15) is 0 Å². The highest BCUT2D eigenvalue weighted by atomic mass is 16.5. The molecule has 4 rings (SSSR count). The summed E-state index contributed by atoms with van der Waals surface area (Å²) in [4.78, 5) is 15.3. The maximum Gasteiger partial charge on any atom is 0.323 e. The first-order valence-corrected chi connectivity index (χ1v) is 10.3. The summed E-state index contributed by atoms with van der Waals surface area (Å²) in [6.45, 7) is 2.32. The van der Waals surface area contributed by atoms with Crippen LogP contribution < -0.4 is 0 Å². The predicted octanol–water partition coefficient (Wildman–Crippen LogP) is 4.78. The Balaban J connectivity index is 1.40. The zero-order chi connectivity index (χ0) is 18.5. The van der Waals surface area contributed by atoms with Crippen molar-refractivity contribution in [2.45, 2.75) is 50.7 Å². The molecule has 27 heavy (non-hydrogen) atoms. The van der Waals surface area contributed by atoms with E-state index in [1.807, 2.05) is 30.3 Å². The van der Waals surface area contributed by atoms with E-state index in [1.54, 1.807) is 0 Å². The average Bonchev–Trinajstić information content (AvgIpc) is 3.17. The van der Waals surface area contributed by atoms with Crippen molar-refractivity contribution in [3.8, 4) is 0 Å². The van der Waals surface area contributed by atoms with E-state index in [0.717, 1.165) is 31.5 Å². The van der Waals surface area contributed by atoms with Crippen molar-refractivity contribution < 1.29 is 9.53 Å². The number of carbonyl (C=O) groups excluding carboxylic acids is 1. The van der Waals surface area contributed by atoms with E-state index in [4.69, 9.17) is 4.74 Å². The van der Waals surface area contributed by atoms with Crippen molar-refractivity contribution in [2.75, 3.05) is 13.1 Å². The molecule has 142 valence electrons. The van der Waals surface area contributed by atoms with Crippen LogP contribution in [0.2, 0.25) is 0 Å². The van der Waals surface area contributed by atoms with Crippen molar-refractivity contribution in [3.63, 3.8) is 0 Å². The van der Waals surface area contributed by atoms with Crippen LogP contribution in [0.4, 0.5) is 0 Å². The maximum atomic E-state index is 13.0. The second-order valence-corrected chi connectivity index (χ2v) is 8.03. The van der Waals surface area contributed by atoms with Gasteiger partial charge in [-0.15, -0.1) is 0 Å². The lowest BCUT2D eigenvalue weighted by Crippen LogP contribution is -2.42. The Hall–Kier alpha value is -2.13. The number of carbonyl (C=O) groups is 1. The van der Waals surface area contributed by atoms with Crippen molar-refractivity contribution >= 4 is 5.97 Å². The first-order valence-electron chi connectivity index (χ1n) is 10.3. The highest BCUT2D eigenvalue weighted by Crippen LogP contribution is 2.35. The summed E-state index contributed by atoms with van der Waals surface area (Å²) in [5.74, 6) is 1.17. The third-order valence-corrected chi connectivity index (χ3v) is 6.21. The molecule has 1 aliphatic heterocycles. The van der Waals surface area contributed by atoms with E-state index in [9.17, 15) is 4.79 Å². The molecule has 0 spiro atoms.